The van der Waals surface area contributed by atoms with Gasteiger partial charge in [0.1, 0.15) is 18.3 Å². The van der Waals surface area contributed by atoms with E-state index in [-0.39, 0.29) is 17.3 Å². The number of amides is 2. The van der Waals surface area contributed by atoms with Crippen LogP contribution in [0.25, 0.3) is 0 Å². The lowest BCUT2D eigenvalue weighted by molar-refractivity contribution is -0.139. The SMILES string of the molecule is CNC(=O)[C@@H](C)N(Cc1ccc(OC)cc1)C(=O)CN(c1cccc(C)c1C)S(=O)(=O)c1ccc(C)cc1. The van der Waals surface area contributed by atoms with Crippen molar-refractivity contribution in [2.24, 2.45) is 0 Å². The molecule has 1 N–H and O–H groups in total. The lowest BCUT2D eigenvalue weighted by Crippen LogP contribution is -2.50. The van der Waals surface area contributed by atoms with Gasteiger partial charge in [-0.05, 0) is 74.7 Å². The van der Waals surface area contributed by atoms with Crippen molar-refractivity contribution < 1.29 is 22.7 Å². The summed E-state index contributed by atoms with van der Waals surface area (Å²) in [4.78, 5) is 27.9. The summed E-state index contributed by atoms with van der Waals surface area (Å²) in [6.07, 6.45) is 0. The minimum absolute atomic E-state index is 0.0814. The molecule has 0 radical (unpaired) electrons. The molecule has 0 aliphatic carbocycles. The zero-order chi connectivity index (χ0) is 28.0. The minimum atomic E-state index is -4.10. The van der Waals surface area contributed by atoms with Gasteiger partial charge < -0.3 is 15.0 Å². The molecule has 0 bridgehead atoms. The Bertz CT molecular complexity index is 1390. The zero-order valence-electron chi connectivity index (χ0n) is 22.7. The molecule has 0 aliphatic rings. The number of sulfonamides is 1. The molecule has 8 nitrogen and oxygen atoms in total. The van der Waals surface area contributed by atoms with Crippen LogP contribution in [0.1, 0.15) is 29.2 Å². The first kappa shape index (κ1) is 28.7. The first-order valence-corrected chi connectivity index (χ1v) is 13.7. The number of nitrogens with one attached hydrogen (secondary N) is 1. The molecule has 2 amide bonds. The number of anilines is 1. The van der Waals surface area contributed by atoms with Crippen molar-refractivity contribution in [3.05, 3.63) is 89.0 Å². The molecule has 0 aromatic heterocycles. The number of aryl methyl sites for hydroxylation is 2. The molecule has 0 unspecified atom stereocenters. The van der Waals surface area contributed by atoms with E-state index >= 15 is 0 Å². The van der Waals surface area contributed by atoms with Gasteiger partial charge in [0.25, 0.3) is 10.0 Å². The van der Waals surface area contributed by atoms with Gasteiger partial charge in [-0.25, -0.2) is 8.42 Å². The highest BCUT2D eigenvalue weighted by Gasteiger charge is 2.33. The number of methoxy groups -OCH3 is 1. The third-order valence-electron chi connectivity index (χ3n) is 6.66. The normalized spacial score (nSPS) is 11.9. The Morgan fingerprint density at radius 3 is 2.16 bits per heavy atom. The van der Waals surface area contributed by atoms with Gasteiger partial charge in [0.15, 0.2) is 0 Å². The second-order valence-corrected chi connectivity index (χ2v) is 11.1. The average Bonchev–Trinajstić information content (AvgIpc) is 2.91. The molecule has 3 aromatic carbocycles. The number of benzene rings is 3. The molecule has 0 fully saturated rings. The van der Waals surface area contributed by atoms with Crippen LogP contribution < -0.4 is 14.4 Å². The van der Waals surface area contributed by atoms with Crippen LogP contribution in [0.3, 0.4) is 0 Å². The molecule has 0 spiro atoms. The van der Waals surface area contributed by atoms with E-state index in [1.165, 1.54) is 24.1 Å². The molecule has 0 aliphatic heterocycles. The van der Waals surface area contributed by atoms with Crippen LogP contribution in [0.4, 0.5) is 5.69 Å². The molecule has 0 heterocycles. The third-order valence-corrected chi connectivity index (χ3v) is 8.43. The van der Waals surface area contributed by atoms with Gasteiger partial charge in [-0.3, -0.25) is 13.9 Å². The Morgan fingerprint density at radius 1 is 0.947 bits per heavy atom. The molecule has 3 rings (SSSR count). The van der Waals surface area contributed by atoms with Gasteiger partial charge in [0, 0.05) is 13.6 Å². The Morgan fingerprint density at radius 2 is 1.58 bits per heavy atom. The summed E-state index contributed by atoms with van der Waals surface area (Å²) in [5.74, 6) is -0.198. The standard InChI is InChI=1S/C29H35N3O5S/c1-20-10-16-26(17-11-20)38(35,36)32(27-9-7-8-21(2)22(27)3)19-28(33)31(23(4)29(34)30-5)18-24-12-14-25(37-6)15-13-24/h7-17,23H,18-19H2,1-6H3,(H,30,34)/t23-/m1/s1. The number of nitrogens with zero attached hydrogens (tertiary/aromatic N) is 2. The predicted molar refractivity (Wildman–Crippen MR) is 149 cm³/mol. The highest BCUT2D eigenvalue weighted by Crippen LogP contribution is 2.29. The van der Waals surface area contributed by atoms with Crippen molar-refractivity contribution in [2.45, 2.75) is 45.2 Å². The van der Waals surface area contributed by atoms with Crippen LogP contribution in [0.5, 0.6) is 5.75 Å². The number of carbonyl (C=O) groups is 2. The third kappa shape index (κ3) is 6.34. The summed E-state index contributed by atoms with van der Waals surface area (Å²) in [5, 5.41) is 2.58. The number of likely N-dealkylation sites (N-methyl/N-ethyl adjacent to an activating group) is 1. The van der Waals surface area contributed by atoms with Crippen molar-refractivity contribution in [2.75, 3.05) is 25.0 Å². The number of hydrogen-bond acceptors (Lipinski definition) is 5. The summed E-state index contributed by atoms with van der Waals surface area (Å²) < 4.78 is 34.2. The summed E-state index contributed by atoms with van der Waals surface area (Å²) in [5.41, 5.74) is 3.75. The molecule has 202 valence electrons. The first-order valence-electron chi connectivity index (χ1n) is 12.3. The maximum atomic E-state index is 13.9. The Kier molecular flexibility index (Phi) is 9.17. The second-order valence-electron chi connectivity index (χ2n) is 9.20. The molecule has 38 heavy (non-hydrogen) atoms. The molecule has 1 atom stereocenters. The van der Waals surface area contributed by atoms with Gasteiger partial charge in [0.05, 0.1) is 17.7 Å². The maximum absolute atomic E-state index is 13.9. The summed E-state index contributed by atoms with van der Waals surface area (Å²) in [7, 11) is -1.04. The van der Waals surface area contributed by atoms with E-state index in [9.17, 15) is 18.0 Å². The lowest BCUT2D eigenvalue weighted by atomic mass is 10.1. The van der Waals surface area contributed by atoms with Gasteiger partial charge in [-0.1, -0.05) is 42.0 Å². The van der Waals surface area contributed by atoms with E-state index in [0.717, 1.165) is 26.6 Å². The molecular weight excluding hydrogens is 502 g/mol. The van der Waals surface area contributed by atoms with E-state index in [0.29, 0.717) is 11.4 Å². The highest BCUT2D eigenvalue weighted by atomic mass is 32.2. The fourth-order valence-electron chi connectivity index (χ4n) is 4.08. The first-order chi connectivity index (χ1) is 18.0. The Hall–Kier alpha value is -3.85. The Labute approximate surface area is 225 Å². The molecule has 0 saturated carbocycles. The van der Waals surface area contributed by atoms with Crippen molar-refractivity contribution in [3.8, 4) is 5.75 Å². The van der Waals surface area contributed by atoms with Crippen LogP contribution in [0.2, 0.25) is 0 Å². The summed E-state index contributed by atoms with van der Waals surface area (Å²) >= 11 is 0. The van der Waals surface area contributed by atoms with Gasteiger partial charge >= 0.3 is 0 Å². The van der Waals surface area contributed by atoms with E-state index in [2.05, 4.69) is 5.32 Å². The summed E-state index contributed by atoms with van der Waals surface area (Å²) in [6.45, 7) is 6.85. The molecule has 9 heteroatoms. The van der Waals surface area contributed by atoms with Crippen molar-refractivity contribution >= 4 is 27.5 Å². The maximum Gasteiger partial charge on any atom is 0.264 e. The monoisotopic (exact) mass is 537 g/mol. The van der Waals surface area contributed by atoms with Crippen LogP contribution in [0, 0.1) is 20.8 Å². The van der Waals surface area contributed by atoms with E-state index in [1.807, 2.05) is 26.8 Å². The number of rotatable bonds is 10. The molecule has 0 saturated heterocycles. The van der Waals surface area contributed by atoms with Crippen LogP contribution >= 0.6 is 0 Å². The topological polar surface area (TPSA) is 96.0 Å². The van der Waals surface area contributed by atoms with Crippen molar-refractivity contribution in [3.63, 3.8) is 0 Å². The number of ether oxygens (including phenoxy) is 1. The zero-order valence-corrected chi connectivity index (χ0v) is 23.5. The van der Waals surface area contributed by atoms with Crippen LogP contribution in [0.15, 0.2) is 71.6 Å². The molecule has 3 aromatic rings. The van der Waals surface area contributed by atoms with Gasteiger partial charge in [-0.15, -0.1) is 0 Å². The fourth-order valence-corrected chi connectivity index (χ4v) is 5.55. The minimum Gasteiger partial charge on any atom is -0.497 e. The molecular formula is C29H35N3O5S. The highest BCUT2D eigenvalue weighted by molar-refractivity contribution is 7.92. The van der Waals surface area contributed by atoms with Gasteiger partial charge in [0.2, 0.25) is 11.8 Å². The smallest absolute Gasteiger partial charge is 0.264 e. The Balaban J connectivity index is 2.06. The van der Waals surface area contributed by atoms with E-state index in [1.54, 1.807) is 62.6 Å². The van der Waals surface area contributed by atoms with Crippen molar-refractivity contribution in [1.82, 2.24) is 10.2 Å². The van der Waals surface area contributed by atoms with Crippen LogP contribution in [-0.4, -0.2) is 51.9 Å². The largest absolute Gasteiger partial charge is 0.497 e. The van der Waals surface area contributed by atoms with Gasteiger partial charge in [-0.2, -0.15) is 0 Å². The fraction of sp³-hybridized carbons (Fsp3) is 0.310. The predicted octanol–water partition coefficient (Wildman–Crippen LogP) is 3.98. The van der Waals surface area contributed by atoms with E-state index in [4.69, 9.17) is 4.74 Å². The van der Waals surface area contributed by atoms with Crippen LogP contribution in [-0.2, 0) is 26.2 Å². The quantitative estimate of drug-likeness (QED) is 0.422. The number of hydrogen-bond donors (Lipinski definition) is 1. The van der Waals surface area contributed by atoms with E-state index < -0.39 is 28.5 Å². The van der Waals surface area contributed by atoms with Crippen molar-refractivity contribution in [1.29, 1.82) is 0 Å². The average molecular weight is 538 g/mol. The lowest BCUT2D eigenvalue weighted by Gasteiger charge is -2.32. The number of carbonyl (C=O) groups excluding carboxylic acids is 2. The second kappa shape index (κ2) is 12.1. The summed E-state index contributed by atoms with van der Waals surface area (Å²) in [6, 6.07) is 18.2.